The van der Waals surface area contributed by atoms with Crippen molar-refractivity contribution in [3.8, 4) is 6.07 Å². The average Bonchev–Trinajstić information content (AvgIpc) is 2.71. The number of hydrogen-bond acceptors (Lipinski definition) is 4. The summed E-state index contributed by atoms with van der Waals surface area (Å²) >= 11 is 3.24. The van der Waals surface area contributed by atoms with Crippen LogP contribution in [0.4, 0.5) is 23.7 Å². The molecule has 0 fully saturated rings. The number of hydrogen-bond donors (Lipinski definition) is 1. The van der Waals surface area contributed by atoms with Crippen molar-refractivity contribution in [2.24, 2.45) is 0 Å². The third-order valence-electron chi connectivity index (χ3n) is 4.57. The Kier molecular flexibility index (Phi) is 6.16. The summed E-state index contributed by atoms with van der Waals surface area (Å²) in [4.78, 5) is 13.8. The van der Waals surface area contributed by atoms with Crippen LogP contribution < -0.4 is 10.2 Å². The standard InChI is InChI=1S/C20H15BrF3N3O3S/c1-31(29,30)18-7-12(11-25)5-6-16(18)17-9-15(10-21)27(19(28)26-17)14-4-2-3-13(8-14)20(22,23)24/h2-9,17H,10H2,1H3,(H,26,28). The van der Waals surface area contributed by atoms with E-state index in [4.69, 9.17) is 5.26 Å². The topological polar surface area (TPSA) is 90.3 Å². The van der Waals surface area contributed by atoms with E-state index in [1.54, 1.807) is 6.08 Å². The highest BCUT2D eigenvalue weighted by Gasteiger charge is 2.34. The summed E-state index contributed by atoms with van der Waals surface area (Å²) in [6.07, 6.45) is -2.04. The molecule has 1 aliphatic rings. The number of allylic oxidation sites excluding steroid dienone is 1. The number of nitrogens with zero attached hydrogens (tertiary/aromatic N) is 2. The van der Waals surface area contributed by atoms with Crippen molar-refractivity contribution >= 4 is 37.5 Å². The number of amides is 2. The molecule has 1 unspecified atom stereocenters. The first-order chi connectivity index (χ1) is 14.5. The summed E-state index contributed by atoms with van der Waals surface area (Å²) in [5, 5.41) is 11.8. The fourth-order valence-corrected chi connectivity index (χ4v) is 4.60. The highest BCUT2D eigenvalue weighted by atomic mass is 79.9. The first-order valence-corrected chi connectivity index (χ1v) is 11.8. The number of nitrogens with one attached hydrogen (secondary N) is 1. The predicted octanol–water partition coefficient (Wildman–Crippen LogP) is 4.53. The monoisotopic (exact) mass is 513 g/mol. The molecule has 0 saturated carbocycles. The lowest BCUT2D eigenvalue weighted by Gasteiger charge is -2.33. The Morgan fingerprint density at radius 2 is 1.94 bits per heavy atom. The second-order valence-electron chi connectivity index (χ2n) is 6.74. The highest BCUT2D eigenvalue weighted by Crippen LogP contribution is 2.35. The molecule has 3 rings (SSSR count). The lowest BCUT2D eigenvalue weighted by molar-refractivity contribution is -0.137. The van der Waals surface area contributed by atoms with Gasteiger partial charge in [0.1, 0.15) is 0 Å². The van der Waals surface area contributed by atoms with Crippen molar-refractivity contribution in [1.29, 1.82) is 5.26 Å². The van der Waals surface area contributed by atoms with Crippen LogP contribution in [-0.4, -0.2) is 26.0 Å². The van der Waals surface area contributed by atoms with E-state index in [9.17, 15) is 26.4 Å². The van der Waals surface area contributed by atoms with Gasteiger partial charge in [-0.2, -0.15) is 18.4 Å². The van der Waals surface area contributed by atoms with E-state index in [2.05, 4.69) is 21.2 Å². The minimum Gasteiger partial charge on any atom is -0.327 e. The molecule has 6 nitrogen and oxygen atoms in total. The zero-order chi connectivity index (χ0) is 23.0. The zero-order valence-electron chi connectivity index (χ0n) is 15.9. The molecule has 0 spiro atoms. The molecule has 0 aliphatic carbocycles. The van der Waals surface area contributed by atoms with Crippen LogP contribution in [0.15, 0.2) is 59.1 Å². The summed E-state index contributed by atoms with van der Waals surface area (Å²) in [6.45, 7) is 0. The molecule has 1 atom stereocenters. The van der Waals surface area contributed by atoms with Gasteiger partial charge in [0.2, 0.25) is 0 Å². The molecule has 0 bridgehead atoms. The number of carbonyl (C=O) groups excluding carboxylic acids is 1. The molecule has 0 radical (unpaired) electrons. The van der Waals surface area contributed by atoms with E-state index in [1.807, 2.05) is 6.07 Å². The Hall–Kier alpha value is -2.84. The van der Waals surface area contributed by atoms with E-state index < -0.39 is 33.6 Å². The number of alkyl halides is 4. The normalized spacial score (nSPS) is 17.0. The molecule has 2 amide bonds. The van der Waals surface area contributed by atoms with E-state index >= 15 is 0 Å². The van der Waals surface area contributed by atoms with E-state index in [0.29, 0.717) is 5.70 Å². The maximum Gasteiger partial charge on any atom is 0.416 e. The molecule has 2 aromatic carbocycles. The van der Waals surface area contributed by atoms with Crippen molar-refractivity contribution in [2.75, 3.05) is 16.5 Å². The fraction of sp³-hybridized carbons (Fsp3) is 0.200. The van der Waals surface area contributed by atoms with Gasteiger partial charge < -0.3 is 5.32 Å². The van der Waals surface area contributed by atoms with Gasteiger partial charge in [0, 0.05) is 17.3 Å². The molecule has 0 aromatic heterocycles. The van der Waals surface area contributed by atoms with Crippen LogP contribution in [0.3, 0.4) is 0 Å². The summed E-state index contributed by atoms with van der Waals surface area (Å²) < 4.78 is 63.8. The molecule has 1 N–H and O–H groups in total. The SMILES string of the molecule is CS(=O)(=O)c1cc(C#N)ccc1C1C=C(CBr)N(c2cccc(C(F)(F)F)c2)C(=O)N1. The van der Waals surface area contributed by atoms with Crippen LogP contribution in [0.25, 0.3) is 0 Å². The van der Waals surface area contributed by atoms with Crippen LogP contribution >= 0.6 is 15.9 Å². The maximum atomic E-state index is 13.1. The Balaban J connectivity index is 2.09. The molecule has 11 heteroatoms. The van der Waals surface area contributed by atoms with Crippen molar-refractivity contribution in [1.82, 2.24) is 5.32 Å². The maximum absolute atomic E-state index is 13.1. The number of rotatable bonds is 4. The third-order valence-corrected chi connectivity index (χ3v) is 6.30. The molecular weight excluding hydrogens is 499 g/mol. The van der Waals surface area contributed by atoms with Crippen LogP contribution in [0.2, 0.25) is 0 Å². The number of halogens is 4. The van der Waals surface area contributed by atoms with Gasteiger partial charge in [-0.05, 0) is 42.0 Å². The summed E-state index contributed by atoms with van der Waals surface area (Å²) in [5.74, 6) is 0. The van der Waals surface area contributed by atoms with Gasteiger partial charge >= 0.3 is 12.2 Å². The largest absolute Gasteiger partial charge is 0.416 e. The first kappa shape index (κ1) is 22.8. The van der Waals surface area contributed by atoms with Gasteiger partial charge in [-0.3, -0.25) is 4.90 Å². The van der Waals surface area contributed by atoms with Gasteiger partial charge in [-0.1, -0.05) is 28.1 Å². The van der Waals surface area contributed by atoms with Crippen LogP contribution in [-0.2, 0) is 16.0 Å². The van der Waals surface area contributed by atoms with Crippen molar-refractivity contribution in [3.05, 3.63) is 70.9 Å². The van der Waals surface area contributed by atoms with Gasteiger partial charge in [-0.25, -0.2) is 13.2 Å². The van der Waals surface area contributed by atoms with Gasteiger partial charge in [0.25, 0.3) is 0 Å². The fourth-order valence-electron chi connectivity index (χ4n) is 3.19. The summed E-state index contributed by atoms with van der Waals surface area (Å²) in [6, 6.07) is 8.71. The van der Waals surface area contributed by atoms with Gasteiger partial charge in [-0.15, -0.1) is 0 Å². The zero-order valence-corrected chi connectivity index (χ0v) is 18.3. The second-order valence-corrected chi connectivity index (χ2v) is 9.28. The number of carbonyl (C=O) groups is 1. The predicted molar refractivity (Wildman–Crippen MR) is 111 cm³/mol. The number of benzene rings is 2. The molecule has 1 aliphatic heterocycles. The van der Waals surface area contributed by atoms with Crippen molar-refractivity contribution in [3.63, 3.8) is 0 Å². The Labute approximate surface area is 185 Å². The van der Waals surface area contributed by atoms with Crippen molar-refractivity contribution < 1.29 is 26.4 Å². The molecule has 162 valence electrons. The van der Waals surface area contributed by atoms with Crippen molar-refractivity contribution in [2.45, 2.75) is 17.1 Å². The second kappa shape index (κ2) is 8.36. The summed E-state index contributed by atoms with van der Waals surface area (Å²) in [7, 11) is -3.73. The van der Waals surface area contributed by atoms with E-state index in [-0.39, 0.29) is 27.0 Å². The number of anilines is 1. The number of sulfone groups is 1. The highest BCUT2D eigenvalue weighted by molar-refractivity contribution is 9.09. The Morgan fingerprint density at radius 3 is 2.52 bits per heavy atom. The lowest BCUT2D eigenvalue weighted by Crippen LogP contribution is -2.45. The molecule has 0 saturated heterocycles. The van der Waals surface area contributed by atoms with Gasteiger partial charge in [0.15, 0.2) is 9.84 Å². The Morgan fingerprint density at radius 1 is 1.23 bits per heavy atom. The third kappa shape index (κ3) is 4.75. The molecule has 2 aromatic rings. The minimum absolute atomic E-state index is 0.0136. The van der Waals surface area contributed by atoms with Crippen LogP contribution in [0, 0.1) is 11.3 Å². The van der Waals surface area contributed by atoms with Crippen LogP contribution in [0.1, 0.15) is 22.7 Å². The lowest BCUT2D eigenvalue weighted by atomic mass is 10.0. The number of nitriles is 1. The average molecular weight is 514 g/mol. The smallest absolute Gasteiger partial charge is 0.327 e. The molecule has 31 heavy (non-hydrogen) atoms. The summed E-state index contributed by atoms with van der Waals surface area (Å²) in [5.41, 5.74) is -0.171. The van der Waals surface area contributed by atoms with Gasteiger partial charge in [0.05, 0.1) is 33.8 Å². The quantitative estimate of drug-likeness (QED) is 0.608. The molecular formula is C20H15BrF3N3O3S. The first-order valence-electron chi connectivity index (χ1n) is 8.74. The molecule has 1 heterocycles. The number of urea groups is 1. The van der Waals surface area contributed by atoms with E-state index in [1.165, 1.54) is 30.3 Å². The minimum atomic E-state index is -4.57. The van der Waals surface area contributed by atoms with Crippen LogP contribution in [0.5, 0.6) is 0 Å². The Bertz CT molecular complexity index is 1220. The van der Waals surface area contributed by atoms with E-state index in [0.717, 1.165) is 23.3 Å².